The van der Waals surface area contributed by atoms with E-state index in [2.05, 4.69) is 9.98 Å². The number of rotatable bonds is 9. The number of pyridine rings is 1. The highest BCUT2D eigenvalue weighted by Crippen LogP contribution is 2.27. The van der Waals surface area contributed by atoms with Crippen LogP contribution in [-0.2, 0) is 29.1 Å². The largest absolute Gasteiger partial charge is 0.471 e. The van der Waals surface area contributed by atoms with Crippen molar-refractivity contribution >= 4 is 11.7 Å². The molecule has 2 atom stereocenters. The van der Waals surface area contributed by atoms with Crippen molar-refractivity contribution in [2.75, 3.05) is 6.61 Å². The zero-order chi connectivity index (χ0) is 22.5. The van der Waals surface area contributed by atoms with Crippen LogP contribution >= 0.6 is 0 Å². The summed E-state index contributed by atoms with van der Waals surface area (Å²) < 4.78 is 43.1. The second-order valence-corrected chi connectivity index (χ2v) is 7.39. The Morgan fingerprint density at radius 3 is 2.58 bits per heavy atom. The van der Waals surface area contributed by atoms with Crippen molar-refractivity contribution in [1.29, 1.82) is 0 Å². The third-order valence-electron chi connectivity index (χ3n) is 5.04. The summed E-state index contributed by atoms with van der Waals surface area (Å²) in [4.78, 5) is 21.1. The Balaban J connectivity index is 1.74. The molecule has 3 rings (SSSR count). The summed E-state index contributed by atoms with van der Waals surface area (Å²) in [5, 5.41) is 19.8. The number of ether oxygens (including phenoxy) is 1. The number of carbonyl (C=O) groups is 1. The van der Waals surface area contributed by atoms with E-state index < -0.39 is 37.5 Å². The number of aliphatic hydroxyl groups is 2. The molecular formula is C22H23F3N2O4. The third kappa shape index (κ3) is 5.68. The van der Waals surface area contributed by atoms with E-state index in [-0.39, 0.29) is 36.8 Å². The lowest BCUT2D eigenvalue weighted by atomic mass is 9.88. The van der Waals surface area contributed by atoms with Crippen LogP contribution in [0.3, 0.4) is 0 Å². The number of aliphatic hydroxyl groups excluding tert-OH is 2. The van der Waals surface area contributed by atoms with Crippen molar-refractivity contribution in [3.63, 3.8) is 0 Å². The average Bonchev–Trinajstić information content (AvgIpc) is 3.13. The minimum absolute atomic E-state index is 0.00945. The zero-order valence-electron chi connectivity index (χ0n) is 16.9. The molecule has 0 spiro atoms. The van der Waals surface area contributed by atoms with Crippen LogP contribution in [0.15, 0.2) is 35.3 Å². The maximum atomic E-state index is 13.2. The summed E-state index contributed by atoms with van der Waals surface area (Å²) in [6.45, 7) is 0.467. The van der Waals surface area contributed by atoms with Crippen LogP contribution < -0.4 is 0 Å². The molecule has 0 radical (unpaired) electrons. The number of carbonyl (C=O) groups excluding carboxylic acids is 1. The van der Waals surface area contributed by atoms with Crippen LogP contribution in [0.4, 0.5) is 13.2 Å². The number of halogens is 3. The quantitative estimate of drug-likeness (QED) is 0.631. The van der Waals surface area contributed by atoms with E-state index in [1.54, 1.807) is 13.0 Å². The molecule has 0 aliphatic carbocycles. The Morgan fingerprint density at radius 2 is 1.97 bits per heavy atom. The summed E-state index contributed by atoms with van der Waals surface area (Å²) in [6.07, 6.45) is -3.50. The van der Waals surface area contributed by atoms with Crippen LogP contribution in [-0.4, -0.2) is 46.0 Å². The van der Waals surface area contributed by atoms with Gasteiger partial charge < -0.3 is 14.9 Å². The first-order valence-electron chi connectivity index (χ1n) is 9.82. The zero-order valence-corrected chi connectivity index (χ0v) is 16.9. The second-order valence-electron chi connectivity index (χ2n) is 7.39. The van der Waals surface area contributed by atoms with Gasteiger partial charge in [0.15, 0.2) is 6.61 Å². The van der Waals surface area contributed by atoms with Gasteiger partial charge in [-0.15, -0.1) is 0 Å². The Hall–Kier alpha value is -2.78. The molecule has 0 saturated heterocycles. The maximum Gasteiger partial charge on any atom is 0.272 e. The Kier molecular flexibility index (Phi) is 7.40. The van der Waals surface area contributed by atoms with E-state index in [1.807, 2.05) is 0 Å². The summed E-state index contributed by atoms with van der Waals surface area (Å²) in [5.41, 5.74) is 2.28. The number of aromatic nitrogens is 1. The van der Waals surface area contributed by atoms with Gasteiger partial charge in [-0.3, -0.25) is 9.78 Å². The lowest BCUT2D eigenvalue weighted by molar-refractivity contribution is -0.119. The SMILES string of the molecule is CC(O)[C@@H](CC(=O)Cc1cc2c(c(CO)n1)C(OCC(F)F)=NC2)c1ccc(F)cc1. The van der Waals surface area contributed by atoms with Gasteiger partial charge in [0.25, 0.3) is 6.43 Å². The Labute approximate surface area is 177 Å². The number of nitrogens with zero attached hydrogens (tertiary/aromatic N) is 2. The van der Waals surface area contributed by atoms with Gasteiger partial charge in [-0.25, -0.2) is 18.2 Å². The summed E-state index contributed by atoms with van der Waals surface area (Å²) in [5.74, 6) is -1.09. The number of fused-ring (bicyclic) bond motifs is 1. The fraction of sp³-hybridized carbons (Fsp3) is 0.409. The topological polar surface area (TPSA) is 92.0 Å². The highest BCUT2D eigenvalue weighted by molar-refractivity contribution is 5.98. The molecule has 1 unspecified atom stereocenters. The Morgan fingerprint density at radius 1 is 1.26 bits per heavy atom. The lowest BCUT2D eigenvalue weighted by Crippen LogP contribution is -2.20. The van der Waals surface area contributed by atoms with Crippen molar-refractivity contribution in [3.8, 4) is 0 Å². The Bertz CT molecular complexity index is 962. The molecule has 1 aromatic heterocycles. The van der Waals surface area contributed by atoms with Crippen LogP contribution in [0.25, 0.3) is 0 Å². The highest BCUT2D eigenvalue weighted by Gasteiger charge is 2.26. The maximum absolute atomic E-state index is 13.2. The first-order valence-corrected chi connectivity index (χ1v) is 9.82. The number of hydrogen-bond donors (Lipinski definition) is 2. The minimum atomic E-state index is -2.66. The number of ketones is 1. The molecule has 0 amide bonds. The van der Waals surface area contributed by atoms with Crippen molar-refractivity contribution in [1.82, 2.24) is 4.98 Å². The molecule has 0 bridgehead atoms. The molecule has 0 fully saturated rings. The predicted octanol–water partition coefficient (Wildman–Crippen LogP) is 2.92. The first-order chi connectivity index (χ1) is 14.8. The second kappa shape index (κ2) is 10.0. The smallest absolute Gasteiger partial charge is 0.272 e. The van der Waals surface area contributed by atoms with Gasteiger partial charge in [-0.2, -0.15) is 0 Å². The third-order valence-corrected chi connectivity index (χ3v) is 5.04. The van der Waals surface area contributed by atoms with Crippen molar-refractivity contribution < 1.29 is 32.9 Å². The van der Waals surface area contributed by atoms with E-state index in [1.165, 1.54) is 24.3 Å². The van der Waals surface area contributed by atoms with Gasteiger partial charge in [0.05, 0.1) is 30.5 Å². The molecule has 0 saturated carbocycles. The molecular weight excluding hydrogens is 413 g/mol. The predicted molar refractivity (Wildman–Crippen MR) is 107 cm³/mol. The standard InChI is InChI=1S/C22H23F3N2O4/c1-12(29)18(13-2-4-15(23)5-3-13)8-17(30)7-16-6-14-9-26-22(31-11-20(24)25)21(14)19(10-28)27-16/h2-6,12,18,20,28-29H,7-11H2,1H3/t12?,18-/m1/s1. The number of aliphatic imine (C=N–C) groups is 1. The van der Waals surface area contributed by atoms with Crippen molar-refractivity contribution in [2.24, 2.45) is 4.99 Å². The molecule has 31 heavy (non-hydrogen) atoms. The van der Waals surface area contributed by atoms with Crippen LogP contribution in [0.5, 0.6) is 0 Å². The number of benzene rings is 1. The number of alkyl halides is 2. The molecule has 6 nitrogen and oxygen atoms in total. The number of Topliss-reactive ketones (excluding diaryl/α,β-unsaturated/α-hetero) is 1. The van der Waals surface area contributed by atoms with Gasteiger partial charge in [0, 0.05) is 24.5 Å². The van der Waals surface area contributed by atoms with Crippen molar-refractivity contribution in [3.05, 3.63) is 64.2 Å². The lowest BCUT2D eigenvalue weighted by Gasteiger charge is -2.20. The van der Waals surface area contributed by atoms with Gasteiger partial charge in [-0.1, -0.05) is 12.1 Å². The van der Waals surface area contributed by atoms with Gasteiger partial charge in [-0.05, 0) is 36.2 Å². The van der Waals surface area contributed by atoms with E-state index in [9.17, 15) is 28.2 Å². The molecule has 1 aromatic carbocycles. The molecule has 9 heteroatoms. The fourth-order valence-corrected chi connectivity index (χ4v) is 3.60. The molecule has 2 heterocycles. The molecule has 2 N–H and O–H groups in total. The van der Waals surface area contributed by atoms with Gasteiger partial charge >= 0.3 is 0 Å². The van der Waals surface area contributed by atoms with E-state index in [0.717, 1.165) is 0 Å². The van der Waals surface area contributed by atoms with Crippen LogP contribution in [0.1, 0.15) is 47.3 Å². The molecule has 1 aliphatic rings. The van der Waals surface area contributed by atoms with Crippen LogP contribution in [0, 0.1) is 5.82 Å². The summed E-state index contributed by atoms with van der Waals surface area (Å²) in [7, 11) is 0. The normalized spacial score (nSPS) is 14.9. The summed E-state index contributed by atoms with van der Waals surface area (Å²) in [6, 6.07) is 7.27. The fourth-order valence-electron chi connectivity index (χ4n) is 3.60. The van der Waals surface area contributed by atoms with Crippen molar-refractivity contribution in [2.45, 2.75) is 51.4 Å². The van der Waals surface area contributed by atoms with E-state index in [4.69, 9.17) is 4.74 Å². The van der Waals surface area contributed by atoms with Crippen LogP contribution in [0.2, 0.25) is 0 Å². The first kappa shape index (κ1) is 22.9. The molecule has 1 aliphatic heterocycles. The van der Waals surface area contributed by atoms with Gasteiger partial charge in [0.2, 0.25) is 5.90 Å². The van der Waals surface area contributed by atoms with E-state index in [0.29, 0.717) is 22.4 Å². The van der Waals surface area contributed by atoms with Gasteiger partial charge in [0.1, 0.15) is 11.6 Å². The number of hydrogen-bond acceptors (Lipinski definition) is 6. The highest BCUT2D eigenvalue weighted by atomic mass is 19.3. The monoisotopic (exact) mass is 436 g/mol. The molecule has 2 aromatic rings. The summed E-state index contributed by atoms with van der Waals surface area (Å²) >= 11 is 0. The molecule has 166 valence electrons. The minimum Gasteiger partial charge on any atom is -0.471 e. The average molecular weight is 436 g/mol. The van der Waals surface area contributed by atoms with E-state index >= 15 is 0 Å².